The molecule has 3 unspecified atom stereocenters. The summed E-state index contributed by atoms with van der Waals surface area (Å²) in [5, 5.41) is 2.81. The minimum absolute atomic E-state index is 0.158. The van der Waals surface area contributed by atoms with E-state index in [1.54, 1.807) is 0 Å². The van der Waals surface area contributed by atoms with E-state index in [0.717, 1.165) is 17.1 Å². The Labute approximate surface area is 146 Å². The molecular formula is C19H22N2O4. The highest BCUT2D eigenvalue weighted by molar-refractivity contribution is 5.89. The van der Waals surface area contributed by atoms with Crippen molar-refractivity contribution in [1.29, 1.82) is 0 Å². The summed E-state index contributed by atoms with van der Waals surface area (Å²) in [7, 11) is 1.33. The second-order valence-corrected chi connectivity index (χ2v) is 6.23. The highest BCUT2D eigenvalue weighted by atomic mass is 16.5. The van der Waals surface area contributed by atoms with Gasteiger partial charge in [0.25, 0.3) is 0 Å². The summed E-state index contributed by atoms with van der Waals surface area (Å²) in [4.78, 5) is 26.4. The molecule has 1 fully saturated rings. The molecule has 0 spiro atoms. The fourth-order valence-corrected chi connectivity index (χ4v) is 2.82. The van der Waals surface area contributed by atoms with E-state index in [9.17, 15) is 9.59 Å². The minimum atomic E-state index is -0.687. The van der Waals surface area contributed by atoms with Gasteiger partial charge in [0.1, 0.15) is 23.6 Å². The topological polar surface area (TPSA) is 71.5 Å². The number of benzene rings is 1. The van der Waals surface area contributed by atoms with Crippen molar-refractivity contribution >= 4 is 11.9 Å². The van der Waals surface area contributed by atoms with Gasteiger partial charge in [-0.05, 0) is 24.6 Å². The Morgan fingerprint density at radius 2 is 2.04 bits per heavy atom. The quantitative estimate of drug-likeness (QED) is 0.612. The SMILES string of the molecule is COC(=O)C(Cc1ccccc1)NC(=O)C1CN1Cc1ccc(C)o1. The van der Waals surface area contributed by atoms with Gasteiger partial charge in [0, 0.05) is 13.0 Å². The first-order valence-corrected chi connectivity index (χ1v) is 8.28. The lowest BCUT2D eigenvalue weighted by Crippen LogP contribution is -2.45. The van der Waals surface area contributed by atoms with Crippen molar-refractivity contribution < 1.29 is 18.7 Å². The summed E-state index contributed by atoms with van der Waals surface area (Å²) >= 11 is 0. The van der Waals surface area contributed by atoms with Crippen molar-refractivity contribution in [3.63, 3.8) is 0 Å². The van der Waals surface area contributed by atoms with Crippen LogP contribution in [0.2, 0.25) is 0 Å². The van der Waals surface area contributed by atoms with Crippen LogP contribution in [0.4, 0.5) is 0 Å². The molecule has 0 aliphatic carbocycles. The molecule has 2 heterocycles. The molecule has 1 amide bonds. The summed E-state index contributed by atoms with van der Waals surface area (Å²) < 4.78 is 10.4. The molecule has 2 aromatic rings. The van der Waals surface area contributed by atoms with E-state index in [2.05, 4.69) is 5.32 Å². The third-order valence-electron chi connectivity index (χ3n) is 4.26. The summed E-state index contributed by atoms with van der Waals surface area (Å²) in [6, 6.07) is 12.5. The molecule has 3 atom stereocenters. The normalized spacial score (nSPS) is 19.9. The second kappa shape index (κ2) is 7.53. The monoisotopic (exact) mass is 342 g/mol. The van der Waals surface area contributed by atoms with Crippen molar-refractivity contribution in [3.05, 3.63) is 59.5 Å². The Morgan fingerprint density at radius 1 is 1.28 bits per heavy atom. The second-order valence-electron chi connectivity index (χ2n) is 6.23. The molecule has 3 rings (SSSR count). The Hall–Kier alpha value is -2.60. The number of hydrogen-bond donors (Lipinski definition) is 1. The van der Waals surface area contributed by atoms with Gasteiger partial charge in [0.2, 0.25) is 5.91 Å². The van der Waals surface area contributed by atoms with Crippen LogP contribution in [0.1, 0.15) is 17.1 Å². The lowest BCUT2D eigenvalue weighted by molar-refractivity contribution is -0.145. The van der Waals surface area contributed by atoms with Crippen molar-refractivity contribution in [2.24, 2.45) is 0 Å². The molecule has 1 N–H and O–H groups in total. The number of nitrogens with one attached hydrogen (secondary N) is 1. The van der Waals surface area contributed by atoms with Crippen LogP contribution in [0.5, 0.6) is 0 Å². The van der Waals surface area contributed by atoms with Gasteiger partial charge in [-0.3, -0.25) is 9.69 Å². The zero-order valence-electron chi connectivity index (χ0n) is 14.4. The maximum Gasteiger partial charge on any atom is 0.328 e. The molecule has 6 nitrogen and oxygen atoms in total. The Morgan fingerprint density at radius 3 is 2.68 bits per heavy atom. The van der Waals surface area contributed by atoms with Crippen LogP contribution >= 0.6 is 0 Å². The number of carbonyl (C=O) groups excluding carboxylic acids is 2. The molecule has 0 radical (unpaired) electrons. The van der Waals surface area contributed by atoms with E-state index in [4.69, 9.17) is 9.15 Å². The fourth-order valence-electron chi connectivity index (χ4n) is 2.82. The van der Waals surface area contributed by atoms with Crippen molar-refractivity contribution in [2.45, 2.75) is 32.0 Å². The average molecular weight is 342 g/mol. The number of ether oxygens (including phenoxy) is 1. The van der Waals surface area contributed by atoms with E-state index in [1.807, 2.05) is 54.3 Å². The van der Waals surface area contributed by atoms with Crippen molar-refractivity contribution in [1.82, 2.24) is 10.2 Å². The predicted octanol–water partition coefficient (Wildman–Crippen LogP) is 1.67. The van der Waals surface area contributed by atoms with E-state index >= 15 is 0 Å². The summed E-state index contributed by atoms with van der Waals surface area (Å²) in [5.41, 5.74) is 0.969. The summed E-state index contributed by atoms with van der Waals surface area (Å²) in [6.07, 6.45) is 0.406. The van der Waals surface area contributed by atoms with Gasteiger partial charge in [-0.15, -0.1) is 0 Å². The standard InChI is InChI=1S/C19H22N2O4/c1-13-8-9-15(25-13)11-21-12-17(21)18(22)20-16(19(23)24-2)10-14-6-4-3-5-7-14/h3-9,16-17H,10-12H2,1-2H3,(H,20,22). The number of methoxy groups -OCH3 is 1. The molecule has 132 valence electrons. The molecule has 0 saturated carbocycles. The van der Waals surface area contributed by atoms with Crippen LogP contribution in [0, 0.1) is 6.92 Å². The van der Waals surface area contributed by atoms with Crippen LogP contribution < -0.4 is 5.32 Å². The predicted molar refractivity (Wildman–Crippen MR) is 91.7 cm³/mol. The third kappa shape index (κ3) is 4.48. The van der Waals surface area contributed by atoms with E-state index < -0.39 is 12.0 Å². The summed E-state index contributed by atoms with van der Waals surface area (Å²) in [6.45, 7) is 3.14. The average Bonchev–Trinajstić information content (AvgIpc) is 3.26. The molecule has 1 aromatic heterocycles. The molecule has 1 aromatic carbocycles. The third-order valence-corrected chi connectivity index (χ3v) is 4.26. The lowest BCUT2D eigenvalue weighted by Gasteiger charge is -2.16. The number of rotatable bonds is 7. The van der Waals surface area contributed by atoms with Gasteiger partial charge in [0.15, 0.2) is 0 Å². The number of hydrogen-bond acceptors (Lipinski definition) is 5. The van der Waals surface area contributed by atoms with Crippen LogP contribution in [0.15, 0.2) is 46.9 Å². The Balaban J connectivity index is 1.56. The number of nitrogens with zero attached hydrogens (tertiary/aromatic N) is 1. The van der Waals surface area contributed by atoms with Gasteiger partial charge >= 0.3 is 5.97 Å². The first kappa shape index (κ1) is 17.2. The molecule has 1 aliphatic rings. The maximum atomic E-state index is 12.4. The molecule has 25 heavy (non-hydrogen) atoms. The van der Waals surface area contributed by atoms with Gasteiger partial charge in [-0.25, -0.2) is 4.79 Å². The van der Waals surface area contributed by atoms with E-state index in [-0.39, 0.29) is 11.9 Å². The number of furan rings is 1. The molecule has 6 heteroatoms. The van der Waals surface area contributed by atoms with Crippen LogP contribution in [0.25, 0.3) is 0 Å². The fraction of sp³-hybridized carbons (Fsp3) is 0.368. The van der Waals surface area contributed by atoms with Gasteiger partial charge in [-0.1, -0.05) is 30.3 Å². The zero-order valence-corrected chi connectivity index (χ0v) is 14.4. The summed E-state index contributed by atoms with van der Waals surface area (Å²) in [5.74, 6) is 1.09. The first-order chi connectivity index (χ1) is 12.1. The smallest absolute Gasteiger partial charge is 0.328 e. The van der Waals surface area contributed by atoms with Crippen LogP contribution in [0.3, 0.4) is 0 Å². The minimum Gasteiger partial charge on any atom is -0.467 e. The van der Waals surface area contributed by atoms with Gasteiger partial charge in [0.05, 0.1) is 13.7 Å². The van der Waals surface area contributed by atoms with Crippen molar-refractivity contribution in [3.8, 4) is 0 Å². The Kier molecular flexibility index (Phi) is 5.19. The number of esters is 1. The highest BCUT2D eigenvalue weighted by Gasteiger charge is 2.42. The zero-order chi connectivity index (χ0) is 17.8. The van der Waals surface area contributed by atoms with Gasteiger partial charge in [-0.2, -0.15) is 0 Å². The molecule has 1 aliphatic heterocycles. The van der Waals surface area contributed by atoms with Crippen molar-refractivity contribution in [2.75, 3.05) is 13.7 Å². The first-order valence-electron chi connectivity index (χ1n) is 8.28. The molecular weight excluding hydrogens is 320 g/mol. The number of aryl methyl sites for hydroxylation is 1. The Bertz CT molecular complexity index is 741. The molecule has 0 bridgehead atoms. The maximum absolute atomic E-state index is 12.4. The lowest BCUT2D eigenvalue weighted by atomic mass is 10.1. The highest BCUT2D eigenvalue weighted by Crippen LogP contribution is 2.22. The van der Waals surface area contributed by atoms with E-state index in [1.165, 1.54) is 7.11 Å². The van der Waals surface area contributed by atoms with Crippen LogP contribution in [-0.4, -0.2) is 42.5 Å². The number of amides is 1. The molecule has 1 saturated heterocycles. The van der Waals surface area contributed by atoms with Crippen LogP contribution in [-0.2, 0) is 27.3 Å². The largest absolute Gasteiger partial charge is 0.467 e. The number of carbonyl (C=O) groups is 2. The van der Waals surface area contributed by atoms with Gasteiger partial charge < -0.3 is 14.5 Å². The van der Waals surface area contributed by atoms with E-state index in [0.29, 0.717) is 19.5 Å².